The molecule has 1 atom stereocenters. The van der Waals surface area contributed by atoms with Crippen LogP contribution in [0, 0.1) is 5.41 Å². The van der Waals surface area contributed by atoms with Crippen LogP contribution in [0.3, 0.4) is 0 Å². The molecule has 0 aliphatic heterocycles. The quantitative estimate of drug-likeness (QED) is 0.150. The molecular formula is C6H15N5O2. The summed E-state index contributed by atoms with van der Waals surface area (Å²) in [4.78, 5) is 10.3. The zero-order valence-corrected chi connectivity index (χ0v) is 7.23. The number of hydrogen-bond donors (Lipinski definition) is 5. The van der Waals surface area contributed by atoms with Crippen molar-refractivity contribution in [2.24, 2.45) is 17.3 Å². The van der Waals surface area contributed by atoms with Gasteiger partial charge >= 0.3 is 5.97 Å². The fourth-order valence-corrected chi connectivity index (χ4v) is 0.725. The number of nitrogens with one attached hydrogen (secondary N) is 1. The van der Waals surface area contributed by atoms with Crippen LogP contribution < -0.4 is 17.3 Å². The van der Waals surface area contributed by atoms with Crippen molar-refractivity contribution in [2.75, 3.05) is 6.54 Å². The number of carbonyl (C=O) groups is 1. The first-order valence-corrected chi connectivity index (χ1v) is 3.79. The van der Waals surface area contributed by atoms with E-state index in [2.05, 4.69) is 0 Å². The van der Waals surface area contributed by atoms with Gasteiger partial charge in [-0.15, -0.1) is 0 Å². The maximum Gasteiger partial charge on any atom is 0.320 e. The Bertz CT molecular complexity index is 175. The van der Waals surface area contributed by atoms with Gasteiger partial charge in [0.1, 0.15) is 6.04 Å². The van der Waals surface area contributed by atoms with E-state index in [0.29, 0.717) is 19.4 Å². The molecular weight excluding hydrogens is 174 g/mol. The van der Waals surface area contributed by atoms with Crippen LogP contribution in [-0.2, 0) is 4.79 Å². The minimum atomic E-state index is -1.04. The van der Waals surface area contributed by atoms with Gasteiger partial charge in [-0.2, -0.15) is 0 Å². The van der Waals surface area contributed by atoms with Crippen LogP contribution in [-0.4, -0.2) is 34.6 Å². The summed E-state index contributed by atoms with van der Waals surface area (Å²) < 4.78 is 0. The highest BCUT2D eigenvalue weighted by molar-refractivity contribution is 5.74. The molecule has 76 valence electrons. The van der Waals surface area contributed by atoms with E-state index >= 15 is 0 Å². The summed E-state index contributed by atoms with van der Waals surface area (Å²) in [6, 6.07) is -0.875. The zero-order chi connectivity index (χ0) is 10.4. The highest BCUT2D eigenvalue weighted by Crippen LogP contribution is 1.95. The third-order valence-corrected chi connectivity index (χ3v) is 1.54. The fourth-order valence-electron chi connectivity index (χ4n) is 0.725. The summed E-state index contributed by atoms with van der Waals surface area (Å²) in [5, 5.41) is 16.4. The highest BCUT2D eigenvalue weighted by atomic mass is 16.4. The molecule has 7 nitrogen and oxygen atoms in total. The molecule has 0 aliphatic carbocycles. The van der Waals surface area contributed by atoms with Gasteiger partial charge in [-0.05, 0) is 12.8 Å². The Morgan fingerprint density at radius 3 is 2.54 bits per heavy atom. The molecule has 0 saturated heterocycles. The maximum atomic E-state index is 10.3. The van der Waals surface area contributed by atoms with Gasteiger partial charge in [-0.25, -0.2) is 5.84 Å². The molecule has 0 aromatic carbocycles. The summed E-state index contributed by atoms with van der Waals surface area (Å²) >= 11 is 0. The minimum Gasteiger partial charge on any atom is -0.480 e. The number of rotatable bonds is 5. The van der Waals surface area contributed by atoms with E-state index < -0.39 is 12.0 Å². The van der Waals surface area contributed by atoms with Gasteiger partial charge in [0.05, 0.1) is 0 Å². The molecule has 0 unspecified atom stereocenters. The van der Waals surface area contributed by atoms with Crippen LogP contribution in [0.2, 0.25) is 0 Å². The van der Waals surface area contributed by atoms with Crippen LogP contribution in [0.15, 0.2) is 0 Å². The number of aliphatic carboxylic acids is 1. The van der Waals surface area contributed by atoms with Gasteiger partial charge in [0.25, 0.3) is 0 Å². The molecule has 0 aromatic rings. The molecule has 0 saturated carbocycles. The molecule has 7 heteroatoms. The minimum absolute atomic E-state index is 0.246. The van der Waals surface area contributed by atoms with Crippen molar-refractivity contribution >= 4 is 11.9 Å². The Hall–Kier alpha value is -1.34. The number of hydrazine groups is 1. The number of carboxylic acids is 1. The molecule has 13 heavy (non-hydrogen) atoms. The maximum absolute atomic E-state index is 10.3. The normalized spacial score (nSPS) is 12.2. The van der Waals surface area contributed by atoms with E-state index in [0.717, 1.165) is 5.01 Å². The zero-order valence-electron chi connectivity index (χ0n) is 7.23. The predicted molar refractivity (Wildman–Crippen MR) is 47.7 cm³/mol. The molecule has 0 aromatic heterocycles. The fraction of sp³-hybridized carbons (Fsp3) is 0.667. The van der Waals surface area contributed by atoms with Crippen molar-refractivity contribution in [3.63, 3.8) is 0 Å². The first-order valence-electron chi connectivity index (χ1n) is 3.79. The standard InChI is InChI=1S/C6H15N5O2/c7-4(5(12)13)2-1-3-11(10)6(8)9/h4H,1-3,7,10H2,(H3,8,9)(H,12,13)/t4-/m0/s1. The molecule has 0 rings (SSSR count). The molecule has 0 radical (unpaired) electrons. The Morgan fingerprint density at radius 1 is 1.62 bits per heavy atom. The second-order valence-corrected chi connectivity index (χ2v) is 2.67. The summed E-state index contributed by atoms with van der Waals surface area (Å²) in [6.07, 6.45) is 0.805. The van der Waals surface area contributed by atoms with Gasteiger partial charge in [-0.1, -0.05) is 0 Å². The van der Waals surface area contributed by atoms with E-state index in [1.807, 2.05) is 0 Å². The van der Waals surface area contributed by atoms with Crippen LogP contribution in [0.4, 0.5) is 0 Å². The molecule has 0 bridgehead atoms. The number of hydrogen-bond acceptors (Lipinski definition) is 4. The lowest BCUT2D eigenvalue weighted by Gasteiger charge is -2.16. The van der Waals surface area contributed by atoms with E-state index in [4.69, 9.17) is 27.8 Å². The lowest BCUT2D eigenvalue weighted by molar-refractivity contribution is -0.138. The van der Waals surface area contributed by atoms with Crippen LogP contribution in [0.1, 0.15) is 12.8 Å². The largest absolute Gasteiger partial charge is 0.480 e. The lowest BCUT2D eigenvalue weighted by atomic mass is 10.2. The monoisotopic (exact) mass is 189 g/mol. The van der Waals surface area contributed by atoms with Crippen LogP contribution >= 0.6 is 0 Å². The Balaban J connectivity index is 3.56. The number of nitrogens with two attached hydrogens (primary N) is 3. The van der Waals surface area contributed by atoms with Gasteiger partial charge in [0, 0.05) is 6.54 Å². The van der Waals surface area contributed by atoms with Crippen molar-refractivity contribution in [2.45, 2.75) is 18.9 Å². The average molecular weight is 189 g/mol. The van der Waals surface area contributed by atoms with E-state index in [9.17, 15) is 4.79 Å². The Morgan fingerprint density at radius 2 is 2.15 bits per heavy atom. The average Bonchev–Trinajstić information content (AvgIpc) is 2.03. The topological polar surface area (TPSA) is 142 Å². The summed E-state index contributed by atoms with van der Waals surface area (Å²) in [5.41, 5.74) is 10.3. The number of nitrogens with zero attached hydrogens (tertiary/aromatic N) is 1. The predicted octanol–water partition coefficient (Wildman–Crippen LogP) is -1.75. The van der Waals surface area contributed by atoms with Crippen molar-refractivity contribution in [3.8, 4) is 0 Å². The van der Waals surface area contributed by atoms with Gasteiger partial charge in [-0.3, -0.25) is 15.2 Å². The first-order chi connectivity index (χ1) is 5.95. The number of carboxylic acid groups (broad SMARTS) is 1. The third-order valence-electron chi connectivity index (χ3n) is 1.54. The second-order valence-electron chi connectivity index (χ2n) is 2.67. The van der Waals surface area contributed by atoms with Gasteiger partial charge in [0.15, 0.2) is 0 Å². The van der Waals surface area contributed by atoms with Gasteiger partial charge in [0.2, 0.25) is 5.96 Å². The first kappa shape index (κ1) is 11.7. The summed E-state index contributed by atoms with van der Waals surface area (Å²) in [5.74, 6) is 3.99. The van der Waals surface area contributed by atoms with Crippen LogP contribution in [0.5, 0.6) is 0 Å². The third kappa shape index (κ3) is 4.99. The van der Waals surface area contributed by atoms with E-state index in [1.165, 1.54) is 0 Å². The lowest BCUT2D eigenvalue weighted by Crippen LogP contribution is -2.43. The van der Waals surface area contributed by atoms with Crippen molar-refractivity contribution < 1.29 is 9.90 Å². The molecule has 8 N–H and O–H groups in total. The van der Waals surface area contributed by atoms with Crippen molar-refractivity contribution in [1.29, 1.82) is 5.41 Å². The molecule has 0 aliphatic rings. The molecule has 0 amide bonds. The van der Waals surface area contributed by atoms with Gasteiger partial charge < -0.3 is 16.6 Å². The SMILES string of the molecule is N=C(N)N(N)CCC[C@H](N)C(=O)O. The van der Waals surface area contributed by atoms with Crippen molar-refractivity contribution in [3.05, 3.63) is 0 Å². The van der Waals surface area contributed by atoms with E-state index in [-0.39, 0.29) is 5.96 Å². The van der Waals surface area contributed by atoms with Crippen LogP contribution in [0.25, 0.3) is 0 Å². The molecule has 0 fully saturated rings. The Labute approximate surface area is 76.0 Å². The Kier molecular flexibility index (Phi) is 4.78. The second kappa shape index (κ2) is 5.33. The van der Waals surface area contributed by atoms with Crippen molar-refractivity contribution in [1.82, 2.24) is 5.01 Å². The molecule has 0 spiro atoms. The highest BCUT2D eigenvalue weighted by Gasteiger charge is 2.11. The van der Waals surface area contributed by atoms with E-state index in [1.54, 1.807) is 0 Å². The smallest absolute Gasteiger partial charge is 0.320 e. The summed E-state index contributed by atoms with van der Waals surface area (Å²) in [7, 11) is 0. The number of guanidine groups is 1. The molecule has 0 heterocycles. The summed E-state index contributed by atoms with van der Waals surface area (Å²) in [6.45, 7) is 0.330.